The van der Waals surface area contributed by atoms with Crippen LogP contribution in [0.3, 0.4) is 0 Å². The number of aromatic amines is 1. The van der Waals surface area contributed by atoms with Crippen molar-refractivity contribution in [3.05, 3.63) is 42.2 Å². The minimum Gasteiger partial charge on any atom is -0.387 e. The second kappa shape index (κ2) is 10.6. The van der Waals surface area contributed by atoms with Crippen LogP contribution in [0.2, 0.25) is 0 Å². The van der Waals surface area contributed by atoms with Gasteiger partial charge in [-0.3, -0.25) is 9.47 Å². The number of nitrogen functional groups attached to an aromatic ring is 1. The second-order valence-electron chi connectivity index (χ2n) is 13.3. The maximum Gasteiger partial charge on any atom is 0.167 e. The number of imidazole rings is 2. The minimum atomic E-state index is -1.11. The Morgan fingerprint density at radius 1 is 1.17 bits per heavy atom. The van der Waals surface area contributed by atoms with Crippen LogP contribution in [-0.4, -0.2) is 81.5 Å². The maximum atomic E-state index is 11.0. The van der Waals surface area contributed by atoms with Crippen molar-refractivity contribution in [2.24, 2.45) is 5.92 Å². The van der Waals surface area contributed by atoms with E-state index in [4.69, 9.17) is 15.5 Å². The third kappa shape index (κ3) is 4.76. The Morgan fingerprint density at radius 2 is 1.98 bits per heavy atom. The van der Waals surface area contributed by atoms with E-state index in [0.29, 0.717) is 35.1 Å². The molecule has 224 valence electrons. The smallest absolute Gasteiger partial charge is 0.167 e. The molecule has 1 saturated heterocycles. The first-order valence-corrected chi connectivity index (χ1v) is 15.4. The van der Waals surface area contributed by atoms with Crippen LogP contribution in [0.25, 0.3) is 22.2 Å². The molecule has 4 atom stereocenters. The summed E-state index contributed by atoms with van der Waals surface area (Å²) in [5.74, 6) is 1.98. The molecular formula is C31H42N8O3. The molecule has 4 heterocycles. The topological polar surface area (TPSA) is 151 Å². The van der Waals surface area contributed by atoms with Crippen molar-refractivity contribution in [3.8, 4) is 0 Å². The number of ether oxygens (including phenoxy) is 1. The van der Waals surface area contributed by atoms with Crippen molar-refractivity contribution in [3.63, 3.8) is 0 Å². The summed E-state index contributed by atoms with van der Waals surface area (Å²) in [5.41, 5.74) is 10.8. The summed E-state index contributed by atoms with van der Waals surface area (Å²) < 4.78 is 7.88. The molecule has 2 saturated carbocycles. The molecule has 1 aliphatic heterocycles. The number of anilines is 1. The van der Waals surface area contributed by atoms with Gasteiger partial charge in [0.05, 0.1) is 17.4 Å². The number of nitrogens with zero attached hydrogens (tertiary/aromatic N) is 6. The lowest BCUT2D eigenvalue weighted by molar-refractivity contribution is -0.0620. The maximum absolute atomic E-state index is 11.0. The van der Waals surface area contributed by atoms with Crippen molar-refractivity contribution < 1.29 is 14.9 Å². The van der Waals surface area contributed by atoms with E-state index in [0.717, 1.165) is 42.5 Å². The first kappa shape index (κ1) is 27.7. The van der Waals surface area contributed by atoms with Crippen molar-refractivity contribution in [1.82, 2.24) is 34.4 Å². The molecule has 3 aliphatic rings. The SMILES string of the molecule is CC(C)N(C[C@H]1O[C@@H](n2cnc3c(N)ncnc32)[C@@H](O)[C@H]1O)[C@H]1C[C@H](CCc2nc3cc(C4(C)CCC4)ccc3[nH]2)C1. The quantitative estimate of drug-likeness (QED) is 0.236. The van der Waals surface area contributed by atoms with Gasteiger partial charge in [0, 0.05) is 25.0 Å². The van der Waals surface area contributed by atoms with Crippen LogP contribution >= 0.6 is 0 Å². The predicted molar refractivity (Wildman–Crippen MR) is 160 cm³/mol. The summed E-state index contributed by atoms with van der Waals surface area (Å²) in [5, 5.41) is 21.9. The highest BCUT2D eigenvalue weighted by atomic mass is 16.6. The van der Waals surface area contributed by atoms with E-state index < -0.39 is 24.5 Å². The van der Waals surface area contributed by atoms with E-state index >= 15 is 0 Å². The van der Waals surface area contributed by atoms with Gasteiger partial charge in [-0.25, -0.2) is 19.9 Å². The Balaban J connectivity index is 0.954. The number of aryl methyl sites for hydroxylation is 1. The number of aliphatic hydroxyl groups excluding tert-OH is 2. The van der Waals surface area contributed by atoms with Gasteiger partial charge < -0.3 is 25.7 Å². The highest BCUT2D eigenvalue weighted by Gasteiger charge is 2.46. The molecule has 0 amide bonds. The van der Waals surface area contributed by atoms with Gasteiger partial charge >= 0.3 is 0 Å². The lowest BCUT2D eigenvalue weighted by atomic mass is 9.66. The predicted octanol–water partition coefficient (Wildman–Crippen LogP) is 3.47. The average Bonchev–Trinajstić information content (AvgIpc) is 3.62. The molecule has 1 aromatic carbocycles. The zero-order valence-electron chi connectivity index (χ0n) is 24.6. The van der Waals surface area contributed by atoms with Crippen molar-refractivity contribution in [2.75, 3.05) is 12.3 Å². The largest absolute Gasteiger partial charge is 0.387 e. The molecule has 5 N–H and O–H groups in total. The lowest BCUT2D eigenvalue weighted by Crippen LogP contribution is -2.52. The minimum absolute atomic E-state index is 0.265. The van der Waals surface area contributed by atoms with Crippen LogP contribution in [0.1, 0.15) is 76.9 Å². The van der Waals surface area contributed by atoms with Gasteiger partial charge in [0.25, 0.3) is 0 Å². The fourth-order valence-corrected chi connectivity index (χ4v) is 7.25. The average molecular weight is 575 g/mol. The molecule has 3 fully saturated rings. The van der Waals surface area contributed by atoms with Gasteiger partial charge in [0.15, 0.2) is 17.7 Å². The van der Waals surface area contributed by atoms with Crippen LogP contribution in [0.4, 0.5) is 5.82 Å². The van der Waals surface area contributed by atoms with Crippen molar-refractivity contribution >= 4 is 28.0 Å². The summed E-state index contributed by atoms with van der Waals surface area (Å²) in [6, 6.07) is 7.46. The van der Waals surface area contributed by atoms with Gasteiger partial charge in [-0.15, -0.1) is 0 Å². The van der Waals surface area contributed by atoms with Crippen molar-refractivity contribution in [2.45, 2.75) is 108 Å². The van der Waals surface area contributed by atoms with E-state index in [1.165, 1.54) is 37.5 Å². The normalized spacial score (nSPS) is 29.0. The van der Waals surface area contributed by atoms with E-state index in [1.807, 2.05) is 0 Å². The molecule has 2 aliphatic carbocycles. The third-order valence-corrected chi connectivity index (χ3v) is 10.2. The highest BCUT2D eigenvalue weighted by Crippen LogP contribution is 2.44. The number of hydrogen-bond donors (Lipinski definition) is 4. The molecule has 0 spiro atoms. The zero-order valence-corrected chi connectivity index (χ0v) is 24.6. The summed E-state index contributed by atoms with van der Waals surface area (Å²) in [4.78, 5) is 23.4. The molecular weight excluding hydrogens is 532 g/mol. The fourth-order valence-electron chi connectivity index (χ4n) is 7.25. The van der Waals surface area contributed by atoms with Crippen LogP contribution in [0.5, 0.6) is 0 Å². The number of fused-ring (bicyclic) bond motifs is 2. The molecule has 0 radical (unpaired) electrons. The number of H-pyrrole nitrogens is 1. The Morgan fingerprint density at radius 3 is 2.71 bits per heavy atom. The first-order chi connectivity index (χ1) is 20.2. The first-order valence-electron chi connectivity index (χ1n) is 15.4. The summed E-state index contributed by atoms with van der Waals surface area (Å²) in [6.07, 6.45) is 7.56. The van der Waals surface area contributed by atoms with E-state index in [-0.39, 0.29) is 11.9 Å². The Hall–Kier alpha value is -3.12. The number of rotatable bonds is 9. The van der Waals surface area contributed by atoms with E-state index in [1.54, 1.807) is 4.57 Å². The number of nitrogens with one attached hydrogen (secondary N) is 1. The monoisotopic (exact) mass is 574 g/mol. The Kier molecular flexibility index (Phi) is 6.96. The van der Waals surface area contributed by atoms with Crippen LogP contribution in [0, 0.1) is 5.92 Å². The van der Waals surface area contributed by atoms with Crippen molar-refractivity contribution in [1.29, 1.82) is 0 Å². The number of hydrogen-bond acceptors (Lipinski definition) is 9. The Bertz CT molecular complexity index is 1570. The van der Waals surface area contributed by atoms with Gasteiger partial charge in [0.1, 0.15) is 36.0 Å². The van der Waals surface area contributed by atoms with Crippen LogP contribution in [0.15, 0.2) is 30.9 Å². The molecule has 0 unspecified atom stereocenters. The van der Waals surface area contributed by atoms with E-state index in [9.17, 15) is 10.2 Å². The highest BCUT2D eigenvalue weighted by molar-refractivity contribution is 5.81. The molecule has 0 bridgehead atoms. The summed E-state index contributed by atoms with van der Waals surface area (Å²) in [7, 11) is 0. The molecule has 42 heavy (non-hydrogen) atoms. The number of nitrogens with two attached hydrogens (primary N) is 1. The fraction of sp³-hybridized carbons (Fsp3) is 0.613. The number of aliphatic hydroxyl groups is 2. The number of aromatic nitrogens is 6. The van der Waals surface area contributed by atoms with Gasteiger partial charge in [-0.1, -0.05) is 19.4 Å². The van der Waals surface area contributed by atoms with Gasteiger partial charge in [-0.2, -0.15) is 0 Å². The van der Waals surface area contributed by atoms with Crippen LogP contribution < -0.4 is 5.73 Å². The Labute approximate surface area is 245 Å². The third-order valence-electron chi connectivity index (χ3n) is 10.2. The van der Waals surface area contributed by atoms with E-state index in [2.05, 4.69) is 63.8 Å². The zero-order chi connectivity index (χ0) is 29.2. The molecule has 3 aromatic heterocycles. The number of benzene rings is 1. The molecule has 11 heteroatoms. The standard InChI is InChI=1S/C31H42N8O3/c1-17(2)38(14-23-26(40)27(41)30(42-23)39-16-35-25-28(32)33-15-34-29(25)39)20-11-18(12-20)5-8-24-36-21-7-6-19(13-22(21)37-24)31(3)9-4-10-31/h6-7,13,15-18,20,23,26-27,30,40-41H,4-5,8-12,14H2,1-3H3,(H,36,37)(H2,32,33,34)/t18-,20-,23-,26+,27+,30-/m1/s1. The molecule has 7 rings (SSSR count). The summed E-state index contributed by atoms with van der Waals surface area (Å²) in [6.45, 7) is 7.27. The molecule has 11 nitrogen and oxygen atoms in total. The summed E-state index contributed by atoms with van der Waals surface area (Å²) >= 11 is 0. The lowest BCUT2D eigenvalue weighted by Gasteiger charge is -2.46. The van der Waals surface area contributed by atoms with Crippen LogP contribution in [-0.2, 0) is 16.6 Å². The van der Waals surface area contributed by atoms with Gasteiger partial charge in [0.2, 0.25) is 0 Å². The second-order valence-corrected chi connectivity index (χ2v) is 13.3. The molecule has 4 aromatic rings. The van der Waals surface area contributed by atoms with Gasteiger partial charge in [-0.05, 0) is 75.0 Å².